The summed E-state index contributed by atoms with van der Waals surface area (Å²) in [5.74, 6) is 1.98. The van der Waals surface area contributed by atoms with E-state index in [9.17, 15) is 0 Å². The fraction of sp³-hybridized carbons (Fsp3) is 0.350. The van der Waals surface area contributed by atoms with Crippen LogP contribution in [0.3, 0.4) is 0 Å². The van der Waals surface area contributed by atoms with Gasteiger partial charge in [0.15, 0.2) is 0 Å². The third-order valence-corrected chi connectivity index (χ3v) is 5.79. The van der Waals surface area contributed by atoms with Crippen LogP contribution in [0.2, 0.25) is 10.0 Å². The van der Waals surface area contributed by atoms with Crippen molar-refractivity contribution < 1.29 is 9.47 Å². The first kappa shape index (κ1) is 20.7. The van der Waals surface area contributed by atoms with Crippen molar-refractivity contribution in [2.24, 2.45) is 5.92 Å². The Kier molecular flexibility index (Phi) is 5.73. The van der Waals surface area contributed by atoms with Crippen LogP contribution >= 0.6 is 23.2 Å². The van der Waals surface area contributed by atoms with E-state index in [0.717, 1.165) is 18.5 Å². The average Bonchev–Trinajstić information content (AvgIpc) is 2.71. The maximum atomic E-state index is 6.59. The molecule has 8 nitrogen and oxygen atoms in total. The van der Waals surface area contributed by atoms with Crippen LogP contribution in [0, 0.1) is 5.92 Å². The van der Waals surface area contributed by atoms with Gasteiger partial charge in [-0.3, -0.25) is 0 Å². The highest BCUT2D eigenvalue weighted by molar-refractivity contribution is 6.41. The number of anilines is 1. The Morgan fingerprint density at radius 1 is 1.13 bits per heavy atom. The van der Waals surface area contributed by atoms with Crippen LogP contribution in [0.25, 0.3) is 27.5 Å². The van der Waals surface area contributed by atoms with Crippen LogP contribution in [0.5, 0.6) is 11.5 Å². The molecular weight excluding hydrogens is 427 g/mol. The predicted octanol–water partition coefficient (Wildman–Crippen LogP) is 4.16. The van der Waals surface area contributed by atoms with E-state index in [-0.39, 0.29) is 5.95 Å². The van der Waals surface area contributed by atoms with Gasteiger partial charge >= 0.3 is 0 Å². The summed E-state index contributed by atoms with van der Waals surface area (Å²) >= 11 is 13.2. The molecule has 4 rings (SSSR count). The van der Waals surface area contributed by atoms with E-state index in [1.165, 1.54) is 14.2 Å². The van der Waals surface area contributed by atoms with Crippen molar-refractivity contribution >= 4 is 45.9 Å². The van der Waals surface area contributed by atoms with Crippen molar-refractivity contribution in [3.05, 3.63) is 33.7 Å². The molecule has 2 N–H and O–H groups in total. The fourth-order valence-electron chi connectivity index (χ4n) is 3.54. The van der Waals surface area contributed by atoms with Crippen LogP contribution in [0.4, 0.5) is 11.8 Å². The summed E-state index contributed by atoms with van der Waals surface area (Å²) in [6.45, 7) is 2.65. The molecule has 0 unspecified atom stereocenters. The van der Waals surface area contributed by atoms with Crippen LogP contribution in [0.1, 0.15) is 0 Å². The summed E-state index contributed by atoms with van der Waals surface area (Å²) in [4.78, 5) is 15.4. The Bertz CT molecular complexity index is 1080. The molecule has 0 spiro atoms. The third-order valence-electron chi connectivity index (χ3n) is 5.03. The predicted molar refractivity (Wildman–Crippen MR) is 119 cm³/mol. The van der Waals surface area contributed by atoms with E-state index in [4.69, 9.17) is 48.7 Å². The minimum atomic E-state index is 0.163. The number of hydrogen-bond donors (Lipinski definition) is 1. The molecule has 3 aromatic rings. The first-order chi connectivity index (χ1) is 14.4. The van der Waals surface area contributed by atoms with Crippen LogP contribution < -0.4 is 15.2 Å². The number of ether oxygens (including phenoxy) is 2. The monoisotopic (exact) mass is 447 g/mol. The van der Waals surface area contributed by atoms with Gasteiger partial charge in [0.2, 0.25) is 5.95 Å². The van der Waals surface area contributed by atoms with E-state index in [2.05, 4.69) is 21.9 Å². The first-order valence-corrected chi connectivity index (χ1v) is 10.1. The van der Waals surface area contributed by atoms with E-state index in [0.29, 0.717) is 56.6 Å². The molecule has 3 heterocycles. The van der Waals surface area contributed by atoms with Gasteiger partial charge in [-0.05, 0) is 37.1 Å². The average molecular weight is 448 g/mol. The molecule has 30 heavy (non-hydrogen) atoms. The third kappa shape index (κ3) is 3.78. The van der Waals surface area contributed by atoms with Crippen LogP contribution in [-0.4, -0.2) is 60.8 Å². The van der Waals surface area contributed by atoms with E-state index in [1.54, 1.807) is 18.3 Å². The van der Waals surface area contributed by atoms with E-state index < -0.39 is 0 Å². The summed E-state index contributed by atoms with van der Waals surface area (Å²) in [5, 5.41) is 6.12. The van der Waals surface area contributed by atoms with Crippen molar-refractivity contribution in [2.45, 2.75) is 0 Å². The van der Waals surface area contributed by atoms with Crippen LogP contribution in [0.15, 0.2) is 18.3 Å². The molecule has 0 atom stereocenters. The molecule has 0 bridgehead atoms. The lowest BCUT2D eigenvalue weighted by Crippen LogP contribution is -2.45. The Morgan fingerprint density at radius 2 is 1.80 bits per heavy atom. The number of nitrogens with two attached hydrogens (primary N) is 1. The lowest BCUT2D eigenvalue weighted by Gasteiger charge is -2.38. The van der Waals surface area contributed by atoms with Gasteiger partial charge in [-0.1, -0.05) is 23.2 Å². The molecule has 0 amide bonds. The summed E-state index contributed by atoms with van der Waals surface area (Å²) in [6.07, 6.45) is 1.64. The lowest BCUT2D eigenvalue weighted by atomic mass is 10.0. The Labute approximate surface area is 184 Å². The van der Waals surface area contributed by atoms with Gasteiger partial charge in [0.25, 0.3) is 0 Å². The number of likely N-dealkylation sites (tertiary alicyclic amines) is 1. The Balaban J connectivity index is 1.85. The number of fused-ring (bicyclic) bond motifs is 1. The van der Waals surface area contributed by atoms with Gasteiger partial charge in [-0.25, -0.2) is 9.97 Å². The molecule has 1 saturated heterocycles. The topological polar surface area (TPSA) is 100 Å². The zero-order chi connectivity index (χ0) is 21.4. The Morgan fingerprint density at radius 3 is 2.40 bits per heavy atom. The number of rotatable bonds is 6. The molecular formula is C20H21Cl2N6O2-. The van der Waals surface area contributed by atoms with Gasteiger partial charge in [-0.2, -0.15) is 0 Å². The molecule has 0 saturated carbocycles. The highest BCUT2D eigenvalue weighted by Crippen LogP contribution is 2.46. The zero-order valence-electron chi connectivity index (χ0n) is 16.8. The smallest absolute Gasteiger partial charge is 0.220 e. The Hall–Kier alpha value is -2.55. The largest absolute Gasteiger partial charge is 0.495 e. The quantitative estimate of drug-likeness (QED) is 0.604. The van der Waals surface area contributed by atoms with E-state index >= 15 is 0 Å². The van der Waals surface area contributed by atoms with Crippen molar-refractivity contribution in [3.8, 4) is 22.8 Å². The fourth-order valence-corrected chi connectivity index (χ4v) is 4.24. The van der Waals surface area contributed by atoms with Gasteiger partial charge in [0.1, 0.15) is 11.5 Å². The van der Waals surface area contributed by atoms with Crippen molar-refractivity contribution in [2.75, 3.05) is 46.6 Å². The molecule has 158 valence electrons. The molecule has 1 aliphatic heterocycles. The second-order valence-corrected chi connectivity index (χ2v) is 7.97. The van der Waals surface area contributed by atoms with Gasteiger partial charge < -0.3 is 30.4 Å². The highest BCUT2D eigenvalue weighted by atomic mass is 35.5. The molecule has 0 aliphatic carbocycles. The van der Waals surface area contributed by atoms with Gasteiger partial charge in [0.05, 0.1) is 29.8 Å². The summed E-state index contributed by atoms with van der Waals surface area (Å²) in [7, 11) is 5.14. The second kappa shape index (κ2) is 8.29. The molecule has 1 fully saturated rings. The summed E-state index contributed by atoms with van der Waals surface area (Å²) in [6, 6.07) is 3.44. The van der Waals surface area contributed by atoms with Gasteiger partial charge in [-0.15, -0.1) is 0 Å². The van der Waals surface area contributed by atoms with Crippen LogP contribution in [-0.2, 0) is 0 Å². The van der Waals surface area contributed by atoms with Crippen molar-refractivity contribution in [1.29, 1.82) is 0 Å². The zero-order valence-corrected chi connectivity index (χ0v) is 18.3. The van der Waals surface area contributed by atoms with Crippen molar-refractivity contribution in [3.63, 3.8) is 0 Å². The molecule has 1 aromatic carbocycles. The number of nitrogen functional groups attached to an aromatic ring is 1. The number of pyridine rings is 1. The second-order valence-electron chi connectivity index (χ2n) is 7.21. The first-order valence-electron chi connectivity index (χ1n) is 9.31. The number of aromatic nitrogens is 3. The number of nitrogens with zero attached hydrogens (tertiary/aromatic N) is 5. The maximum absolute atomic E-state index is 6.59. The number of methoxy groups -OCH3 is 2. The number of hydrogen-bond acceptors (Lipinski definition) is 7. The minimum Gasteiger partial charge on any atom is -0.495 e. The number of benzene rings is 1. The summed E-state index contributed by atoms with van der Waals surface area (Å²) in [5.41, 5.74) is 7.40. The minimum absolute atomic E-state index is 0.163. The van der Waals surface area contributed by atoms with Gasteiger partial charge in [0, 0.05) is 36.3 Å². The highest BCUT2D eigenvalue weighted by Gasteiger charge is 2.22. The molecule has 10 heteroatoms. The van der Waals surface area contributed by atoms with E-state index in [1.807, 2.05) is 0 Å². The van der Waals surface area contributed by atoms with Crippen molar-refractivity contribution in [1.82, 2.24) is 19.9 Å². The molecule has 0 radical (unpaired) electrons. The normalized spacial score (nSPS) is 14.6. The SMILES string of the molecule is COc1cc(OC)c(Cl)c(-c2cc3cnc(N)nc3c([N-]CC3CN(C)C3)n2)c1Cl. The molecule has 1 aliphatic rings. The summed E-state index contributed by atoms with van der Waals surface area (Å²) < 4.78 is 10.8. The molecule has 2 aromatic heterocycles. The standard InChI is InChI=1S/C20H21Cl2N6O2/c1-28-8-10(9-28)6-24-19-18-11(7-25-20(23)27-18)4-12(26-19)15-16(21)13(29-2)5-14(30-3)17(15)22/h4-5,7,10H,6,8-9H2,1-3H3,(H2-,23,24,25,26,27)/q-1. The maximum Gasteiger partial charge on any atom is 0.220 e. The lowest BCUT2D eigenvalue weighted by molar-refractivity contribution is 0.146. The number of halogens is 2.